The molecule has 0 aromatic heterocycles. The average Bonchev–Trinajstić information content (AvgIpc) is 3.14. The molecule has 1 rings (SSSR count). The molecule has 12 nitrogen and oxygen atoms in total. The lowest BCUT2D eigenvalue weighted by atomic mass is 9.99. The number of hydrogen-bond donors (Lipinski definition) is 4. The Kier molecular flexibility index (Phi) is 31.6. The first kappa shape index (κ1) is 50.6. The zero-order chi connectivity index (χ0) is 39.7. The number of aliphatic hydroxyl groups excluding tert-OH is 3. The van der Waals surface area contributed by atoms with Crippen molar-refractivity contribution >= 4 is 16.4 Å². The SMILES string of the molecule is CCCCCCC/C=C\C/C=C\CCCCCCCCCCCCCCOCC(COC1OC(CO)C(O)C(OS(=O)(=O)O)C1O)OC(=O)CCCCC. The highest BCUT2D eigenvalue weighted by molar-refractivity contribution is 7.80. The summed E-state index contributed by atoms with van der Waals surface area (Å²) < 4.78 is 58.4. The maximum absolute atomic E-state index is 12.4. The molecule has 1 saturated heterocycles. The highest BCUT2D eigenvalue weighted by Gasteiger charge is 2.48. The molecule has 1 aliphatic heterocycles. The van der Waals surface area contributed by atoms with E-state index in [2.05, 4.69) is 35.4 Å². The number of esters is 1. The first-order valence-corrected chi connectivity index (χ1v) is 22.5. The van der Waals surface area contributed by atoms with Gasteiger partial charge >= 0.3 is 16.4 Å². The van der Waals surface area contributed by atoms with Gasteiger partial charge in [-0.1, -0.05) is 141 Å². The fraction of sp³-hybridized carbons (Fsp3) is 0.878. The molecule has 0 radical (unpaired) electrons. The van der Waals surface area contributed by atoms with Crippen LogP contribution in [0.15, 0.2) is 24.3 Å². The maximum Gasteiger partial charge on any atom is 0.397 e. The van der Waals surface area contributed by atoms with Gasteiger partial charge in [-0.05, 0) is 44.9 Å². The van der Waals surface area contributed by atoms with Crippen LogP contribution in [-0.2, 0) is 38.3 Å². The lowest BCUT2D eigenvalue weighted by molar-refractivity contribution is -0.301. The van der Waals surface area contributed by atoms with E-state index in [0.29, 0.717) is 13.0 Å². The normalized spacial score (nSPS) is 21.3. The summed E-state index contributed by atoms with van der Waals surface area (Å²) in [6, 6.07) is 0. The van der Waals surface area contributed by atoms with Crippen LogP contribution < -0.4 is 0 Å². The molecule has 0 aromatic carbocycles. The molecule has 6 unspecified atom stereocenters. The molecule has 318 valence electrons. The second-order valence-corrected chi connectivity index (χ2v) is 15.6. The van der Waals surface area contributed by atoms with E-state index in [1.807, 2.05) is 6.92 Å². The van der Waals surface area contributed by atoms with Crippen molar-refractivity contribution in [2.24, 2.45) is 0 Å². The largest absolute Gasteiger partial charge is 0.457 e. The minimum absolute atomic E-state index is 0.0347. The molecule has 0 spiro atoms. The van der Waals surface area contributed by atoms with Crippen LogP contribution in [0.1, 0.15) is 168 Å². The predicted molar refractivity (Wildman–Crippen MR) is 211 cm³/mol. The molecule has 0 bridgehead atoms. The molecule has 0 aliphatic carbocycles. The van der Waals surface area contributed by atoms with Gasteiger partial charge in [0.25, 0.3) is 0 Å². The lowest BCUT2D eigenvalue weighted by Gasteiger charge is -2.41. The van der Waals surface area contributed by atoms with Crippen molar-refractivity contribution in [3.05, 3.63) is 24.3 Å². The van der Waals surface area contributed by atoms with E-state index in [-0.39, 0.29) is 19.6 Å². The molecule has 0 saturated carbocycles. The third kappa shape index (κ3) is 27.2. The quantitative estimate of drug-likeness (QED) is 0.0208. The zero-order valence-corrected chi connectivity index (χ0v) is 34.4. The number of aliphatic hydroxyl groups is 3. The number of ether oxygens (including phenoxy) is 4. The minimum atomic E-state index is -5.05. The standard InChI is InChI=1S/C41H76O12S/c1-3-5-7-8-9-10-11-12-13-14-15-16-17-18-19-20-21-22-23-24-25-26-27-29-31-49-33-35(51-37(43)30-28-6-4-2)34-50-41-39(45)40(53-54(46,47)48)38(44)36(32-42)52-41/h11-12,14-15,35-36,38-42,44-45H,3-10,13,16-34H2,1-2H3,(H,46,47,48)/b12-11-,15-14-. The summed E-state index contributed by atoms with van der Waals surface area (Å²) in [5, 5.41) is 30.4. The van der Waals surface area contributed by atoms with Crippen LogP contribution in [0, 0.1) is 0 Å². The summed E-state index contributed by atoms with van der Waals surface area (Å²) in [7, 11) is -5.05. The Morgan fingerprint density at radius 1 is 0.704 bits per heavy atom. The average molecular weight is 793 g/mol. The van der Waals surface area contributed by atoms with Crippen molar-refractivity contribution in [2.75, 3.05) is 26.4 Å². The van der Waals surface area contributed by atoms with E-state index in [4.69, 9.17) is 23.5 Å². The Morgan fingerprint density at radius 3 is 1.76 bits per heavy atom. The summed E-state index contributed by atoms with van der Waals surface area (Å²) in [6.07, 6.45) is 27.6. The van der Waals surface area contributed by atoms with Crippen LogP contribution in [0.5, 0.6) is 0 Å². The fourth-order valence-corrected chi connectivity index (χ4v) is 6.86. The van der Waals surface area contributed by atoms with E-state index in [9.17, 15) is 28.5 Å². The molecular formula is C41H76O12S. The molecule has 1 heterocycles. The third-order valence-electron chi connectivity index (χ3n) is 9.58. The van der Waals surface area contributed by atoms with Gasteiger partial charge in [-0.2, -0.15) is 8.42 Å². The molecule has 4 N–H and O–H groups in total. The van der Waals surface area contributed by atoms with Gasteiger partial charge in [-0.15, -0.1) is 0 Å². The Balaban J connectivity index is 2.19. The summed E-state index contributed by atoms with van der Waals surface area (Å²) in [5.74, 6) is -0.424. The number of allylic oxidation sites excluding steroid dienone is 4. The van der Waals surface area contributed by atoms with E-state index >= 15 is 0 Å². The summed E-state index contributed by atoms with van der Waals surface area (Å²) in [5.41, 5.74) is 0. The molecule has 1 aliphatic rings. The van der Waals surface area contributed by atoms with E-state index < -0.39 is 59.8 Å². The van der Waals surface area contributed by atoms with Gasteiger partial charge < -0.3 is 34.3 Å². The van der Waals surface area contributed by atoms with Crippen molar-refractivity contribution in [1.82, 2.24) is 0 Å². The number of carbonyl (C=O) groups is 1. The zero-order valence-electron chi connectivity index (χ0n) is 33.5. The van der Waals surface area contributed by atoms with Crippen LogP contribution in [0.3, 0.4) is 0 Å². The second kappa shape index (κ2) is 33.7. The Hall–Kier alpha value is -1.42. The first-order valence-electron chi connectivity index (χ1n) is 21.1. The Labute approximate surface area is 327 Å². The summed E-state index contributed by atoms with van der Waals surface area (Å²) in [6.45, 7) is 3.78. The van der Waals surface area contributed by atoms with Crippen molar-refractivity contribution in [1.29, 1.82) is 0 Å². The van der Waals surface area contributed by atoms with Gasteiger partial charge in [0.05, 0.1) is 19.8 Å². The second-order valence-electron chi connectivity index (χ2n) is 14.6. The topological polar surface area (TPSA) is 178 Å². The Bertz CT molecular complexity index is 1050. The molecular weight excluding hydrogens is 717 g/mol. The number of unbranched alkanes of at least 4 members (excludes halogenated alkanes) is 19. The highest BCUT2D eigenvalue weighted by Crippen LogP contribution is 2.26. The molecule has 54 heavy (non-hydrogen) atoms. The number of rotatable bonds is 36. The fourth-order valence-electron chi connectivity index (χ4n) is 6.35. The van der Waals surface area contributed by atoms with Crippen molar-refractivity contribution < 1.29 is 56.2 Å². The van der Waals surface area contributed by atoms with Gasteiger partial charge in [0.15, 0.2) is 6.29 Å². The molecule has 6 atom stereocenters. The van der Waals surface area contributed by atoms with Gasteiger partial charge in [0.2, 0.25) is 0 Å². The molecule has 0 amide bonds. The van der Waals surface area contributed by atoms with E-state index in [1.54, 1.807) is 0 Å². The third-order valence-corrected chi connectivity index (χ3v) is 10.0. The van der Waals surface area contributed by atoms with E-state index in [1.165, 1.54) is 103 Å². The predicted octanol–water partition coefficient (Wildman–Crippen LogP) is 8.07. The Morgan fingerprint density at radius 2 is 1.22 bits per heavy atom. The molecule has 13 heteroatoms. The van der Waals surface area contributed by atoms with Crippen LogP contribution in [0.4, 0.5) is 0 Å². The maximum atomic E-state index is 12.4. The minimum Gasteiger partial charge on any atom is -0.457 e. The van der Waals surface area contributed by atoms with Gasteiger partial charge in [-0.25, -0.2) is 4.18 Å². The van der Waals surface area contributed by atoms with Gasteiger partial charge in [0.1, 0.15) is 30.5 Å². The smallest absolute Gasteiger partial charge is 0.397 e. The highest BCUT2D eigenvalue weighted by atomic mass is 32.3. The van der Waals surface area contributed by atoms with E-state index in [0.717, 1.165) is 38.5 Å². The molecule has 0 aromatic rings. The van der Waals surface area contributed by atoms with Crippen LogP contribution >= 0.6 is 0 Å². The van der Waals surface area contributed by atoms with Gasteiger partial charge in [0, 0.05) is 13.0 Å². The number of hydrogen-bond acceptors (Lipinski definition) is 11. The summed E-state index contributed by atoms with van der Waals surface area (Å²) >= 11 is 0. The lowest BCUT2D eigenvalue weighted by Crippen LogP contribution is -2.60. The van der Waals surface area contributed by atoms with Gasteiger partial charge in [-0.3, -0.25) is 9.35 Å². The number of carbonyl (C=O) groups excluding carboxylic acids is 1. The van der Waals surface area contributed by atoms with Crippen molar-refractivity contribution in [2.45, 2.75) is 205 Å². The molecule has 1 fully saturated rings. The van der Waals surface area contributed by atoms with Crippen molar-refractivity contribution in [3.63, 3.8) is 0 Å². The van der Waals surface area contributed by atoms with Crippen molar-refractivity contribution in [3.8, 4) is 0 Å². The summed E-state index contributed by atoms with van der Waals surface area (Å²) in [4.78, 5) is 12.4. The first-order chi connectivity index (χ1) is 26.1. The van der Waals surface area contributed by atoms with Crippen LogP contribution in [-0.4, -0.2) is 97.5 Å². The monoisotopic (exact) mass is 793 g/mol. The van der Waals surface area contributed by atoms with Crippen LogP contribution in [0.25, 0.3) is 0 Å². The van der Waals surface area contributed by atoms with Crippen LogP contribution in [0.2, 0.25) is 0 Å².